The van der Waals surface area contributed by atoms with Gasteiger partial charge in [0, 0.05) is 33.9 Å². The van der Waals surface area contributed by atoms with E-state index in [2.05, 4.69) is 41.7 Å². The summed E-state index contributed by atoms with van der Waals surface area (Å²) in [7, 11) is 0. The van der Waals surface area contributed by atoms with Crippen molar-refractivity contribution in [3.05, 3.63) is 89.4 Å². The van der Waals surface area contributed by atoms with Crippen molar-refractivity contribution in [2.75, 3.05) is 5.32 Å². The predicted octanol–water partition coefficient (Wildman–Crippen LogP) is 5.79. The van der Waals surface area contributed by atoms with Gasteiger partial charge in [-0.3, -0.25) is 0 Å². The Bertz CT molecular complexity index is 1100. The molecule has 4 aromatic rings. The molecule has 0 spiro atoms. The van der Waals surface area contributed by atoms with Gasteiger partial charge in [0.15, 0.2) is 0 Å². The standard InChI is InChI=1S/C22H16ClN3/c23-16-9-6-10-17(13-16)26-22-18-11-4-5-12-20(18)24-14-19(22)21(25-26)15-7-2-1-3-8-15/h1-13,24H,14H2. The van der Waals surface area contributed by atoms with Crippen LogP contribution in [-0.2, 0) is 6.54 Å². The molecule has 0 fully saturated rings. The number of hydrogen-bond donors (Lipinski definition) is 1. The first-order chi connectivity index (χ1) is 12.8. The van der Waals surface area contributed by atoms with Crippen molar-refractivity contribution in [2.24, 2.45) is 0 Å². The first kappa shape index (κ1) is 15.2. The molecule has 26 heavy (non-hydrogen) atoms. The number of fused-ring (bicyclic) bond motifs is 3. The topological polar surface area (TPSA) is 29.9 Å². The van der Waals surface area contributed by atoms with Gasteiger partial charge in [-0.2, -0.15) is 5.10 Å². The maximum atomic E-state index is 6.25. The summed E-state index contributed by atoms with van der Waals surface area (Å²) in [5, 5.41) is 9.22. The maximum Gasteiger partial charge on any atom is 0.0984 e. The van der Waals surface area contributed by atoms with Gasteiger partial charge in [0.2, 0.25) is 0 Å². The Balaban J connectivity index is 1.82. The van der Waals surface area contributed by atoms with Gasteiger partial charge >= 0.3 is 0 Å². The molecular weight excluding hydrogens is 342 g/mol. The van der Waals surface area contributed by atoms with E-state index in [1.807, 2.05) is 47.1 Å². The number of halogens is 1. The van der Waals surface area contributed by atoms with Crippen LogP contribution in [0.4, 0.5) is 5.69 Å². The highest BCUT2D eigenvalue weighted by atomic mass is 35.5. The van der Waals surface area contributed by atoms with Crippen molar-refractivity contribution in [1.29, 1.82) is 0 Å². The molecule has 0 amide bonds. The average Bonchev–Trinajstić information content (AvgIpc) is 3.09. The van der Waals surface area contributed by atoms with E-state index in [0.717, 1.165) is 40.4 Å². The van der Waals surface area contributed by atoms with E-state index in [0.29, 0.717) is 5.02 Å². The van der Waals surface area contributed by atoms with Crippen LogP contribution in [0.5, 0.6) is 0 Å². The maximum absolute atomic E-state index is 6.25. The molecule has 0 saturated heterocycles. The SMILES string of the molecule is Clc1cccc(-n2nc(-c3ccccc3)c3c2-c2ccccc2NC3)c1. The fourth-order valence-corrected chi connectivity index (χ4v) is 3.73. The third-order valence-electron chi connectivity index (χ3n) is 4.72. The van der Waals surface area contributed by atoms with E-state index in [-0.39, 0.29) is 0 Å². The summed E-state index contributed by atoms with van der Waals surface area (Å²) in [6, 6.07) is 26.5. The second kappa shape index (κ2) is 6.04. The Morgan fingerprint density at radius 1 is 0.885 bits per heavy atom. The normalized spacial score (nSPS) is 12.2. The summed E-state index contributed by atoms with van der Waals surface area (Å²) in [5.41, 5.74) is 7.70. The van der Waals surface area contributed by atoms with Gasteiger partial charge in [-0.05, 0) is 24.3 Å². The van der Waals surface area contributed by atoms with Crippen molar-refractivity contribution in [3.63, 3.8) is 0 Å². The van der Waals surface area contributed by atoms with Crippen molar-refractivity contribution >= 4 is 17.3 Å². The van der Waals surface area contributed by atoms with E-state index in [4.69, 9.17) is 16.7 Å². The smallest absolute Gasteiger partial charge is 0.0984 e. The van der Waals surface area contributed by atoms with Crippen LogP contribution < -0.4 is 5.32 Å². The number of nitrogens with one attached hydrogen (secondary N) is 1. The highest BCUT2D eigenvalue weighted by Gasteiger charge is 2.26. The average molecular weight is 358 g/mol. The molecule has 4 heteroatoms. The molecule has 2 heterocycles. The minimum absolute atomic E-state index is 0.704. The minimum atomic E-state index is 0.704. The lowest BCUT2D eigenvalue weighted by Crippen LogP contribution is -2.10. The van der Waals surface area contributed by atoms with Gasteiger partial charge in [0.25, 0.3) is 0 Å². The lowest BCUT2D eigenvalue weighted by Gasteiger charge is -2.20. The van der Waals surface area contributed by atoms with Crippen LogP contribution in [0, 0.1) is 0 Å². The highest BCUT2D eigenvalue weighted by Crippen LogP contribution is 2.41. The first-order valence-electron chi connectivity index (χ1n) is 8.58. The number of para-hydroxylation sites is 1. The largest absolute Gasteiger partial charge is 0.380 e. The molecule has 0 radical (unpaired) electrons. The molecule has 0 aliphatic carbocycles. The summed E-state index contributed by atoms with van der Waals surface area (Å²) < 4.78 is 2.02. The summed E-state index contributed by atoms with van der Waals surface area (Å²) >= 11 is 6.25. The molecule has 0 saturated carbocycles. The Morgan fingerprint density at radius 3 is 2.54 bits per heavy atom. The Labute approximate surface area is 156 Å². The number of nitrogens with zero attached hydrogens (tertiary/aromatic N) is 2. The molecular formula is C22H16ClN3. The van der Waals surface area contributed by atoms with E-state index in [9.17, 15) is 0 Å². The van der Waals surface area contributed by atoms with Crippen molar-refractivity contribution in [1.82, 2.24) is 9.78 Å². The van der Waals surface area contributed by atoms with Crippen molar-refractivity contribution in [3.8, 4) is 28.2 Å². The summed E-state index contributed by atoms with van der Waals surface area (Å²) in [4.78, 5) is 0. The first-order valence-corrected chi connectivity index (χ1v) is 8.95. The van der Waals surface area contributed by atoms with Crippen molar-refractivity contribution < 1.29 is 0 Å². The van der Waals surface area contributed by atoms with Crippen LogP contribution >= 0.6 is 11.6 Å². The van der Waals surface area contributed by atoms with E-state index in [1.54, 1.807) is 0 Å². The third kappa shape index (κ3) is 2.40. The molecule has 0 atom stereocenters. The van der Waals surface area contributed by atoms with Crippen LogP contribution in [0.15, 0.2) is 78.9 Å². The number of hydrogen-bond acceptors (Lipinski definition) is 2. The van der Waals surface area contributed by atoms with Crippen LogP contribution in [0.3, 0.4) is 0 Å². The molecule has 1 aromatic heterocycles. The zero-order valence-corrected chi connectivity index (χ0v) is 14.7. The summed E-state index contributed by atoms with van der Waals surface area (Å²) in [6.45, 7) is 0.747. The molecule has 0 unspecified atom stereocenters. The van der Waals surface area contributed by atoms with Crippen LogP contribution in [0.2, 0.25) is 5.02 Å². The molecule has 3 nitrogen and oxygen atoms in total. The monoisotopic (exact) mass is 357 g/mol. The van der Waals surface area contributed by atoms with Crippen molar-refractivity contribution in [2.45, 2.75) is 6.54 Å². The van der Waals surface area contributed by atoms with Crippen LogP contribution in [0.1, 0.15) is 5.56 Å². The Kier molecular flexibility index (Phi) is 3.54. The van der Waals surface area contributed by atoms with E-state index >= 15 is 0 Å². The van der Waals surface area contributed by atoms with Crippen LogP contribution in [-0.4, -0.2) is 9.78 Å². The summed E-state index contributed by atoms with van der Waals surface area (Å²) in [5.74, 6) is 0. The quantitative estimate of drug-likeness (QED) is 0.492. The number of rotatable bonds is 2. The van der Waals surface area contributed by atoms with Gasteiger partial charge < -0.3 is 5.32 Å². The van der Waals surface area contributed by atoms with Gasteiger partial charge in [-0.1, -0.05) is 66.2 Å². The van der Waals surface area contributed by atoms with E-state index in [1.165, 1.54) is 5.56 Å². The highest BCUT2D eigenvalue weighted by molar-refractivity contribution is 6.30. The Hall–Kier alpha value is -3.04. The number of aromatic nitrogens is 2. The molecule has 126 valence electrons. The second-order valence-electron chi connectivity index (χ2n) is 6.33. The molecule has 5 rings (SSSR count). The predicted molar refractivity (Wildman–Crippen MR) is 107 cm³/mol. The molecule has 3 aromatic carbocycles. The zero-order chi connectivity index (χ0) is 17.5. The minimum Gasteiger partial charge on any atom is -0.380 e. The molecule has 1 aliphatic rings. The third-order valence-corrected chi connectivity index (χ3v) is 4.96. The summed E-state index contributed by atoms with van der Waals surface area (Å²) in [6.07, 6.45) is 0. The lowest BCUT2D eigenvalue weighted by atomic mass is 9.97. The number of anilines is 1. The lowest BCUT2D eigenvalue weighted by molar-refractivity contribution is 0.890. The molecule has 1 N–H and O–H groups in total. The fourth-order valence-electron chi connectivity index (χ4n) is 3.54. The molecule has 1 aliphatic heterocycles. The van der Waals surface area contributed by atoms with Gasteiger partial charge in [-0.25, -0.2) is 4.68 Å². The van der Waals surface area contributed by atoms with E-state index < -0.39 is 0 Å². The Morgan fingerprint density at radius 2 is 1.69 bits per heavy atom. The van der Waals surface area contributed by atoms with Gasteiger partial charge in [0.05, 0.1) is 17.1 Å². The molecule has 0 bridgehead atoms. The number of benzene rings is 3. The fraction of sp³-hybridized carbons (Fsp3) is 0.0455. The van der Waals surface area contributed by atoms with Gasteiger partial charge in [0.1, 0.15) is 0 Å². The second-order valence-corrected chi connectivity index (χ2v) is 6.77. The van der Waals surface area contributed by atoms with Gasteiger partial charge in [-0.15, -0.1) is 0 Å². The zero-order valence-electron chi connectivity index (χ0n) is 14.0. The van der Waals surface area contributed by atoms with Crippen LogP contribution in [0.25, 0.3) is 28.2 Å².